The van der Waals surface area contributed by atoms with Gasteiger partial charge in [-0.1, -0.05) is 0 Å². The topological polar surface area (TPSA) is 100 Å². The molecule has 1 aromatic carbocycles. The Labute approximate surface area is 104 Å². The van der Waals surface area contributed by atoms with Gasteiger partial charge in [0, 0.05) is 5.56 Å². The van der Waals surface area contributed by atoms with E-state index in [1.165, 1.54) is 0 Å². The summed E-state index contributed by atoms with van der Waals surface area (Å²) in [5, 5.41) is 3.86. The molecule has 0 saturated carbocycles. The van der Waals surface area contributed by atoms with Gasteiger partial charge < -0.3 is 10.5 Å². The molecule has 0 fully saturated rings. The first-order chi connectivity index (χ1) is 8.41. The predicted molar refractivity (Wildman–Crippen MR) is 66.7 cm³/mol. The van der Waals surface area contributed by atoms with Crippen LogP contribution in [0.4, 0.5) is 5.95 Å². The molecule has 0 amide bonds. The molecule has 8 heteroatoms. The number of nitrogen functional groups attached to an aromatic ring is 1. The number of ether oxygens (including phenoxy) is 1. The smallest absolute Gasteiger partial charge is 0.254 e. The molecule has 18 heavy (non-hydrogen) atoms. The van der Waals surface area contributed by atoms with Crippen LogP contribution < -0.4 is 10.5 Å². The van der Waals surface area contributed by atoms with E-state index < -0.39 is 10.0 Å². The van der Waals surface area contributed by atoms with E-state index in [1.54, 1.807) is 31.4 Å². The fourth-order valence-electron chi connectivity index (χ4n) is 1.42. The number of nitrogens with zero attached hydrogens (tertiary/aromatic N) is 3. The van der Waals surface area contributed by atoms with Gasteiger partial charge in [-0.05, 0) is 24.3 Å². The average Bonchev–Trinajstić information content (AvgIpc) is 2.71. The third-order valence-corrected chi connectivity index (χ3v) is 3.16. The molecule has 1 heterocycles. The molecular weight excluding hydrogens is 256 g/mol. The Hall–Kier alpha value is -2.09. The van der Waals surface area contributed by atoms with E-state index in [4.69, 9.17) is 10.5 Å². The second-order valence-corrected chi connectivity index (χ2v) is 5.44. The number of anilines is 1. The van der Waals surface area contributed by atoms with Gasteiger partial charge in [-0.15, -0.1) is 9.19 Å². The number of methoxy groups -OCH3 is 1. The van der Waals surface area contributed by atoms with Crippen LogP contribution in [0.1, 0.15) is 0 Å². The number of benzene rings is 1. The van der Waals surface area contributed by atoms with Crippen molar-refractivity contribution in [2.24, 2.45) is 0 Å². The lowest BCUT2D eigenvalue weighted by Gasteiger charge is -1.99. The number of aromatic nitrogens is 3. The standard InChI is InChI=1S/C10H12N4O3S/c1-17-8-5-3-7(4-6-8)9-12-10(11)14(13-9)18(2,15)16/h3-6H,1-2H3,(H2,11,12,13). The van der Waals surface area contributed by atoms with Crippen molar-refractivity contribution < 1.29 is 13.2 Å². The predicted octanol–water partition coefficient (Wildman–Crippen LogP) is 0.344. The highest BCUT2D eigenvalue weighted by atomic mass is 32.2. The van der Waals surface area contributed by atoms with Crippen LogP contribution in [0.15, 0.2) is 24.3 Å². The monoisotopic (exact) mass is 268 g/mol. The van der Waals surface area contributed by atoms with Crippen LogP contribution in [0.25, 0.3) is 11.4 Å². The largest absolute Gasteiger partial charge is 0.497 e. The van der Waals surface area contributed by atoms with E-state index in [-0.39, 0.29) is 11.8 Å². The summed E-state index contributed by atoms with van der Waals surface area (Å²) in [5.74, 6) is 0.776. The molecule has 0 spiro atoms. The van der Waals surface area contributed by atoms with Gasteiger partial charge in [-0.2, -0.15) is 4.98 Å². The van der Waals surface area contributed by atoms with Gasteiger partial charge >= 0.3 is 0 Å². The Morgan fingerprint density at radius 3 is 2.33 bits per heavy atom. The number of hydrogen-bond acceptors (Lipinski definition) is 6. The maximum Gasteiger partial charge on any atom is 0.254 e. The lowest BCUT2D eigenvalue weighted by Crippen LogP contribution is -2.14. The first-order valence-electron chi connectivity index (χ1n) is 4.99. The molecule has 0 aliphatic rings. The summed E-state index contributed by atoms with van der Waals surface area (Å²) >= 11 is 0. The average molecular weight is 268 g/mol. The number of nitrogens with two attached hydrogens (primary N) is 1. The Morgan fingerprint density at radius 1 is 1.28 bits per heavy atom. The van der Waals surface area contributed by atoms with Crippen LogP contribution in [-0.4, -0.2) is 36.0 Å². The molecule has 0 atom stereocenters. The van der Waals surface area contributed by atoms with Crippen molar-refractivity contribution in [1.29, 1.82) is 0 Å². The van der Waals surface area contributed by atoms with Crippen LogP contribution in [-0.2, 0) is 10.0 Å². The van der Waals surface area contributed by atoms with Crippen molar-refractivity contribution in [2.75, 3.05) is 19.1 Å². The maximum absolute atomic E-state index is 11.4. The van der Waals surface area contributed by atoms with Gasteiger partial charge in [-0.3, -0.25) is 0 Å². The van der Waals surface area contributed by atoms with Gasteiger partial charge in [0.05, 0.1) is 13.4 Å². The molecule has 0 saturated heterocycles. The first kappa shape index (κ1) is 12.4. The van der Waals surface area contributed by atoms with Crippen molar-refractivity contribution in [3.05, 3.63) is 24.3 Å². The Kier molecular flexibility index (Phi) is 2.95. The van der Waals surface area contributed by atoms with Gasteiger partial charge in [0.15, 0.2) is 5.82 Å². The molecule has 2 aromatic rings. The van der Waals surface area contributed by atoms with E-state index in [1.807, 2.05) is 0 Å². The molecular formula is C10H12N4O3S. The van der Waals surface area contributed by atoms with E-state index in [2.05, 4.69) is 10.1 Å². The number of rotatable bonds is 3. The second kappa shape index (κ2) is 4.30. The normalized spacial score (nSPS) is 11.4. The Bertz CT molecular complexity index is 661. The van der Waals surface area contributed by atoms with Gasteiger partial charge in [-0.25, -0.2) is 8.42 Å². The molecule has 7 nitrogen and oxygen atoms in total. The lowest BCUT2D eigenvalue weighted by atomic mass is 10.2. The van der Waals surface area contributed by atoms with Crippen LogP contribution in [0.3, 0.4) is 0 Å². The van der Waals surface area contributed by atoms with E-state index >= 15 is 0 Å². The Balaban J connectivity index is 2.46. The minimum absolute atomic E-state index is 0.164. The fraction of sp³-hybridized carbons (Fsp3) is 0.200. The van der Waals surface area contributed by atoms with Crippen molar-refractivity contribution in [2.45, 2.75) is 0 Å². The summed E-state index contributed by atoms with van der Waals surface area (Å²) in [5.41, 5.74) is 6.16. The van der Waals surface area contributed by atoms with E-state index in [9.17, 15) is 8.42 Å². The summed E-state index contributed by atoms with van der Waals surface area (Å²) in [6.45, 7) is 0. The van der Waals surface area contributed by atoms with E-state index in [0.717, 1.165) is 6.26 Å². The van der Waals surface area contributed by atoms with Crippen molar-refractivity contribution in [1.82, 2.24) is 14.2 Å². The summed E-state index contributed by atoms with van der Waals surface area (Å²) in [4.78, 5) is 3.91. The second-order valence-electron chi connectivity index (χ2n) is 3.63. The highest BCUT2D eigenvalue weighted by molar-refractivity contribution is 7.89. The summed E-state index contributed by atoms with van der Waals surface area (Å²) in [6.07, 6.45) is 1.01. The minimum atomic E-state index is -3.54. The summed E-state index contributed by atoms with van der Waals surface area (Å²) in [6, 6.07) is 6.90. The highest BCUT2D eigenvalue weighted by Gasteiger charge is 2.15. The molecule has 0 radical (unpaired) electrons. The molecule has 2 N–H and O–H groups in total. The third kappa shape index (κ3) is 2.28. The zero-order valence-corrected chi connectivity index (χ0v) is 10.7. The SMILES string of the molecule is COc1ccc(-c2nc(N)n(S(C)(=O)=O)n2)cc1. The van der Waals surface area contributed by atoms with Gasteiger partial charge in [0.25, 0.3) is 10.0 Å². The van der Waals surface area contributed by atoms with Crippen LogP contribution in [0, 0.1) is 0 Å². The van der Waals surface area contributed by atoms with Crippen molar-refractivity contribution >= 4 is 16.0 Å². The molecule has 0 aliphatic carbocycles. The zero-order chi connectivity index (χ0) is 13.3. The molecule has 0 unspecified atom stereocenters. The van der Waals surface area contributed by atoms with E-state index in [0.29, 0.717) is 15.4 Å². The third-order valence-electron chi connectivity index (χ3n) is 2.26. The fourth-order valence-corrected chi connectivity index (χ4v) is 2.02. The van der Waals surface area contributed by atoms with Crippen LogP contribution in [0.5, 0.6) is 5.75 Å². The molecule has 0 bridgehead atoms. The quantitative estimate of drug-likeness (QED) is 0.861. The van der Waals surface area contributed by atoms with Crippen LogP contribution in [0.2, 0.25) is 0 Å². The lowest BCUT2D eigenvalue weighted by molar-refractivity contribution is 0.415. The Morgan fingerprint density at radius 2 is 1.89 bits per heavy atom. The highest BCUT2D eigenvalue weighted by Crippen LogP contribution is 2.20. The summed E-state index contributed by atoms with van der Waals surface area (Å²) < 4.78 is 28.4. The number of hydrogen-bond donors (Lipinski definition) is 1. The zero-order valence-electron chi connectivity index (χ0n) is 9.86. The molecule has 1 aromatic heterocycles. The molecule has 0 aliphatic heterocycles. The van der Waals surface area contributed by atoms with Gasteiger partial charge in [0.1, 0.15) is 5.75 Å². The summed E-state index contributed by atoms with van der Waals surface area (Å²) in [7, 11) is -1.98. The van der Waals surface area contributed by atoms with Crippen molar-refractivity contribution in [3.8, 4) is 17.1 Å². The molecule has 2 rings (SSSR count). The van der Waals surface area contributed by atoms with Crippen molar-refractivity contribution in [3.63, 3.8) is 0 Å². The molecule has 96 valence electrons. The minimum Gasteiger partial charge on any atom is -0.497 e. The van der Waals surface area contributed by atoms with Gasteiger partial charge in [0.2, 0.25) is 5.95 Å². The first-order valence-corrected chi connectivity index (χ1v) is 6.84. The maximum atomic E-state index is 11.4. The van der Waals surface area contributed by atoms with Crippen LogP contribution >= 0.6 is 0 Å².